The van der Waals surface area contributed by atoms with Gasteiger partial charge in [0.15, 0.2) is 0 Å². The number of pyridine rings is 1. The summed E-state index contributed by atoms with van der Waals surface area (Å²) in [6.07, 6.45) is 0. The number of fused-ring (bicyclic) bond motifs is 1. The first-order valence-electron chi connectivity index (χ1n) is 7.42. The zero-order valence-corrected chi connectivity index (χ0v) is 14.3. The molecule has 23 heavy (non-hydrogen) atoms. The van der Waals surface area contributed by atoms with E-state index in [9.17, 15) is 9.59 Å². The zero-order chi connectivity index (χ0) is 16.8. The molecule has 0 bridgehead atoms. The highest BCUT2D eigenvalue weighted by atomic mass is 32.2. The number of carbonyl (C=O) groups excluding carboxylic acids is 2. The van der Waals surface area contributed by atoms with Crippen molar-refractivity contribution in [2.45, 2.75) is 25.8 Å². The fraction of sp³-hybridized carbons (Fsp3) is 0.353. The Hall–Kier alpha value is -2.08. The maximum Gasteiger partial charge on any atom is 0.325 e. The Morgan fingerprint density at radius 2 is 2.04 bits per heavy atom. The highest BCUT2D eigenvalue weighted by molar-refractivity contribution is 7.99. The molecule has 0 aliphatic heterocycles. The predicted molar refractivity (Wildman–Crippen MR) is 91.6 cm³/mol. The van der Waals surface area contributed by atoms with Gasteiger partial charge in [-0.25, -0.2) is 4.98 Å². The number of hydrogen-bond acceptors (Lipinski definition) is 5. The minimum Gasteiger partial charge on any atom is -0.465 e. The Labute approximate surface area is 139 Å². The van der Waals surface area contributed by atoms with Crippen molar-refractivity contribution in [1.29, 1.82) is 0 Å². The third-order valence-electron chi connectivity index (χ3n) is 3.19. The van der Waals surface area contributed by atoms with Crippen molar-refractivity contribution in [2.75, 3.05) is 18.9 Å². The van der Waals surface area contributed by atoms with Crippen LogP contribution in [0.4, 0.5) is 0 Å². The van der Waals surface area contributed by atoms with Crippen LogP contribution in [0.5, 0.6) is 0 Å². The molecule has 0 aliphatic rings. The second kappa shape index (κ2) is 7.97. The van der Waals surface area contributed by atoms with E-state index >= 15 is 0 Å². The lowest BCUT2D eigenvalue weighted by Gasteiger charge is -2.08. The molecule has 1 aromatic carbocycles. The largest absolute Gasteiger partial charge is 0.465 e. The molecule has 1 aromatic heterocycles. The van der Waals surface area contributed by atoms with Gasteiger partial charge in [0, 0.05) is 5.39 Å². The molecule has 0 radical (unpaired) electrons. The second-order valence-electron chi connectivity index (χ2n) is 5.18. The van der Waals surface area contributed by atoms with Gasteiger partial charge in [0.05, 0.1) is 17.9 Å². The van der Waals surface area contributed by atoms with Crippen LogP contribution in [0.1, 0.15) is 18.1 Å². The van der Waals surface area contributed by atoms with Gasteiger partial charge in [-0.3, -0.25) is 9.59 Å². The van der Waals surface area contributed by atoms with E-state index in [-0.39, 0.29) is 18.2 Å². The number of thioether (sulfide) groups is 1. The standard InChI is InChI=1S/C17H20N2O3S/c1-4-22-16(21)9-18-15(20)10-23-17-12(3)8-13-7-11(2)5-6-14(13)19-17/h5-8H,4,9-10H2,1-3H3,(H,18,20). The lowest BCUT2D eigenvalue weighted by molar-refractivity contribution is -0.143. The highest BCUT2D eigenvalue weighted by Gasteiger charge is 2.09. The number of aryl methyl sites for hydroxylation is 2. The topological polar surface area (TPSA) is 68.3 Å². The summed E-state index contributed by atoms with van der Waals surface area (Å²) in [5, 5.41) is 4.46. The molecular formula is C17H20N2O3S. The summed E-state index contributed by atoms with van der Waals surface area (Å²) in [4.78, 5) is 27.6. The number of carbonyl (C=O) groups is 2. The number of ether oxygens (including phenoxy) is 1. The molecule has 0 spiro atoms. The number of rotatable bonds is 6. The first-order valence-corrected chi connectivity index (χ1v) is 8.41. The molecule has 0 saturated heterocycles. The van der Waals surface area contributed by atoms with Crippen LogP contribution in [0.3, 0.4) is 0 Å². The molecule has 5 nitrogen and oxygen atoms in total. The van der Waals surface area contributed by atoms with Crippen LogP contribution in [0.15, 0.2) is 29.3 Å². The zero-order valence-electron chi connectivity index (χ0n) is 13.5. The van der Waals surface area contributed by atoms with Crippen molar-refractivity contribution in [2.24, 2.45) is 0 Å². The van der Waals surface area contributed by atoms with Crippen LogP contribution < -0.4 is 5.32 Å². The van der Waals surface area contributed by atoms with E-state index in [0.717, 1.165) is 21.5 Å². The number of nitrogens with zero attached hydrogens (tertiary/aromatic N) is 1. The summed E-state index contributed by atoms with van der Waals surface area (Å²) in [5.74, 6) is -0.431. The number of hydrogen-bond donors (Lipinski definition) is 1. The van der Waals surface area contributed by atoms with E-state index < -0.39 is 5.97 Å². The molecule has 2 rings (SSSR count). The Bertz CT molecular complexity index is 731. The lowest BCUT2D eigenvalue weighted by Crippen LogP contribution is -2.31. The van der Waals surface area contributed by atoms with Gasteiger partial charge in [0.25, 0.3) is 0 Å². The Kier molecular flexibility index (Phi) is 5.98. The Morgan fingerprint density at radius 3 is 2.78 bits per heavy atom. The minimum atomic E-state index is -0.429. The van der Waals surface area contributed by atoms with E-state index in [1.165, 1.54) is 17.3 Å². The minimum absolute atomic E-state index is 0.101. The van der Waals surface area contributed by atoms with Gasteiger partial charge in [-0.15, -0.1) is 0 Å². The van der Waals surface area contributed by atoms with Gasteiger partial charge in [0.2, 0.25) is 5.91 Å². The van der Waals surface area contributed by atoms with Gasteiger partial charge in [0.1, 0.15) is 11.6 Å². The fourth-order valence-corrected chi connectivity index (χ4v) is 2.92. The predicted octanol–water partition coefficient (Wildman–Crippen LogP) is 2.62. The quantitative estimate of drug-likeness (QED) is 0.650. The molecule has 0 atom stereocenters. The molecule has 0 aliphatic carbocycles. The normalized spacial score (nSPS) is 10.6. The summed E-state index contributed by atoms with van der Waals surface area (Å²) in [6.45, 7) is 5.96. The van der Waals surface area contributed by atoms with E-state index in [0.29, 0.717) is 6.61 Å². The van der Waals surface area contributed by atoms with Crippen LogP contribution in [-0.4, -0.2) is 35.8 Å². The molecule has 2 aromatic rings. The van der Waals surface area contributed by atoms with E-state index in [1.807, 2.05) is 26.0 Å². The Balaban J connectivity index is 1.96. The van der Waals surface area contributed by atoms with Gasteiger partial charge in [-0.1, -0.05) is 23.4 Å². The van der Waals surface area contributed by atoms with E-state index in [4.69, 9.17) is 4.74 Å². The van der Waals surface area contributed by atoms with Crippen molar-refractivity contribution in [3.05, 3.63) is 35.4 Å². The number of aromatic nitrogens is 1. The molecule has 1 heterocycles. The first-order chi connectivity index (χ1) is 11.0. The van der Waals surface area contributed by atoms with Crippen molar-refractivity contribution in [1.82, 2.24) is 10.3 Å². The van der Waals surface area contributed by atoms with Crippen molar-refractivity contribution in [3.63, 3.8) is 0 Å². The molecule has 0 fully saturated rings. The molecule has 0 unspecified atom stereocenters. The van der Waals surface area contributed by atoms with E-state index in [2.05, 4.69) is 22.4 Å². The number of nitrogens with one attached hydrogen (secondary N) is 1. The average molecular weight is 332 g/mol. The highest BCUT2D eigenvalue weighted by Crippen LogP contribution is 2.24. The number of esters is 1. The monoisotopic (exact) mass is 332 g/mol. The lowest BCUT2D eigenvalue weighted by atomic mass is 10.1. The SMILES string of the molecule is CCOC(=O)CNC(=O)CSc1nc2ccc(C)cc2cc1C. The van der Waals surface area contributed by atoms with Gasteiger partial charge >= 0.3 is 5.97 Å². The first kappa shape index (κ1) is 17.3. The molecule has 0 saturated carbocycles. The van der Waals surface area contributed by atoms with Gasteiger partial charge in [-0.05, 0) is 44.5 Å². The number of amides is 1. The Morgan fingerprint density at radius 1 is 1.26 bits per heavy atom. The summed E-state index contributed by atoms with van der Waals surface area (Å²) >= 11 is 1.36. The maximum absolute atomic E-state index is 11.8. The molecule has 1 amide bonds. The molecule has 122 valence electrons. The molecular weight excluding hydrogens is 312 g/mol. The summed E-state index contributed by atoms with van der Waals surface area (Å²) < 4.78 is 4.76. The van der Waals surface area contributed by atoms with Crippen molar-refractivity contribution in [3.8, 4) is 0 Å². The second-order valence-corrected chi connectivity index (χ2v) is 6.14. The third-order valence-corrected chi connectivity index (χ3v) is 4.28. The summed E-state index contributed by atoms with van der Waals surface area (Å²) in [6, 6.07) is 8.17. The summed E-state index contributed by atoms with van der Waals surface area (Å²) in [5.41, 5.74) is 3.14. The van der Waals surface area contributed by atoms with Gasteiger partial charge < -0.3 is 10.1 Å². The van der Waals surface area contributed by atoms with Crippen LogP contribution in [0, 0.1) is 13.8 Å². The van der Waals surface area contributed by atoms with Crippen LogP contribution in [-0.2, 0) is 14.3 Å². The maximum atomic E-state index is 11.8. The summed E-state index contributed by atoms with van der Waals surface area (Å²) in [7, 11) is 0. The van der Waals surface area contributed by atoms with Crippen molar-refractivity contribution < 1.29 is 14.3 Å². The van der Waals surface area contributed by atoms with Crippen molar-refractivity contribution >= 4 is 34.5 Å². The molecule has 6 heteroatoms. The smallest absolute Gasteiger partial charge is 0.325 e. The molecule has 1 N–H and O–H groups in total. The fourth-order valence-electron chi connectivity index (χ4n) is 2.10. The average Bonchev–Trinajstić information content (AvgIpc) is 2.51. The van der Waals surface area contributed by atoms with Crippen LogP contribution >= 0.6 is 11.8 Å². The van der Waals surface area contributed by atoms with Gasteiger partial charge in [-0.2, -0.15) is 0 Å². The van der Waals surface area contributed by atoms with Crippen LogP contribution in [0.2, 0.25) is 0 Å². The third kappa shape index (κ3) is 4.96. The van der Waals surface area contributed by atoms with Crippen LogP contribution in [0.25, 0.3) is 10.9 Å². The van der Waals surface area contributed by atoms with E-state index in [1.54, 1.807) is 6.92 Å². The number of benzene rings is 1.